The predicted octanol–water partition coefficient (Wildman–Crippen LogP) is 8.32. The molecule has 0 fully saturated rings. The molecule has 0 N–H and O–H groups in total. The van der Waals surface area contributed by atoms with Gasteiger partial charge in [-0.1, -0.05) is 69.1 Å². The number of rotatable bonds is 3. The molecule has 6 aromatic rings. The van der Waals surface area contributed by atoms with Gasteiger partial charge < -0.3 is 9.40 Å². The Bertz CT molecular complexity index is 1830. The average molecular weight is 686 g/mol. The van der Waals surface area contributed by atoms with Crippen molar-refractivity contribution < 1.29 is 29.1 Å². The van der Waals surface area contributed by atoms with E-state index in [1.807, 2.05) is 61.7 Å². The summed E-state index contributed by atoms with van der Waals surface area (Å²) >= 11 is 0. The number of nitrogens with zero attached hydrogens (tertiary/aromatic N) is 3. The summed E-state index contributed by atoms with van der Waals surface area (Å²) in [5.74, 6) is 0. The molecule has 0 amide bonds. The van der Waals surface area contributed by atoms with E-state index in [-0.39, 0.29) is 20.1 Å². The van der Waals surface area contributed by atoms with E-state index in [4.69, 9.17) is 4.42 Å². The Kier molecular flexibility index (Phi) is 7.67. The van der Waals surface area contributed by atoms with Crippen LogP contribution in [0.2, 0.25) is 0 Å². The maximum atomic E-state index is 5.99. The SMILES string of the molecule is CC(C)[N+]1=C=[N+](c2[c-]c3oc4ccccc4c3cc2)c2ccccc21.Cc1ccc(-c2[c-]cccc2)nc1.[Ir]. The van der Waals surface area contributed by atoms with Crippen LogP contribution in [0.1, 0.15) is 19.4 Å². The topological polar surface area (TPSA) is 32.0 Å². The van der Waals surface area contributed by atoms with Crippen LogP contribution >= 0.6 is 0 Å². The van der Waals surface area contributed by atoms with Gasteiger partial charge in [0.1, 0.15) is 11.3 Å². The normalized spacial score (nSPS) is 11.9. The van der Waals surface area contributed by atoms with Gasteiger partial charge in [-0.3, -0.25) is 0 Å². The smallest absolute Gasteiger partial charge is 0.483 e. The van der Waals surface area contributed by atoms with Crippen LogP contribution in [-0.2, 0) is 20.1 Å². The summed E-state index contributed by atoms with van der Waals surface area (Å²) in [4.78, 5) is 4.32. The van der Waals surface area contributed by atoms with Crippen LogP contribution in [0.25, 0.3) is 33.2 Å². The molecule has 4 aromatic carbocycles. The van der Waals surface area contributed by atoms with Crippen molar-refractivity contribution in [2.45, 2.75) is 26.8 Å². The number of aromatic nitrogens is 1. The number of fused-ring (bicyclic) bond motifs is 4. The van der Waals surface area contributed by atoms with E-state index in [2.05, 4.69) is 94.7 Å². The third kappa shape index (κ3) is 5.26. The standard InChI is InChI=1S/C22H17N2O.C12H10N.Ir/c1-15(2)23-14-24(20-9-5-4-8-19(20)23)16-11-12-18-17-7-3-6-10-21(17)25-22(18)13-16;1-10-7-8-12(13-9-10)11-5-3-2-4-6-11;/h3-12,15H,1-2H3;2-5,7-9H,1H3;/q+1;-1;. The predicted molar refractivity (Wildman–Crippen MR) is 154 cm³/mol. The van der Waals surface area contributed by atoms with Crippen LogP contribution in [0.15, 0.2) is 108 Å². The zero-order valence-electron chi connectivity index (χ0n) is 22.0. The van der Waals surface area contributed by atoms with Crippen LogP contribution < -0.4 is 4.58 Å². The Balaban J connectivity index is 0.000000187. The number of aryl methyl sites for hydroxylation is 1. The molecule has 39 heavy (non-hydrogen) atoms. The van der Waals surface area contributed by atoms with Gasteiger partial charge in [0.15, 0.2) is 6.04 Å². The number of benzene rings is 4. The maximum Gasteiger partial charge on any atom is 0.494 e. The fraction of sp³-hybridized carbons (Fsp3) is 0.118. The molecular formula is C34H27IrN3O. The minimum Gasteiger partial charge on any atom is -0.483 e. The van der Waals surface area contributed by atoms with Gasteiger partial charge >= 0.3 is 6.01 Å². The van der Waals surface area contributed by atoms with E-state index < -0.39 is 0 Å². The molecule has 4 nitrogen and oxygen atoms in total. The number of hydrogen-bond acceptors (Lipinski definition) is 2. The third-order valence-electron chi connectivity index (χ3n) is 6.53. The molecule has 0 saturated carbocycles. The largest absolute Gasteiger partial charge is 0.494 e. The minimum atomic E-state index is 0. The second kappa shape index (κ2) is 11.3. The summed E-state index contributed by atoms with van der Waals surface area (Å²) in [6.07, 6.45) is 1.87. The van der Waals surface area contributed by atoms with E-state index in [9.17, 15) is 0 Å². The van der Waals surface area contributed by atoms with Crippen molar-refractivity contribution in [1.29, 1.82) is 0 Å². The first-order valence-electron chi connectivity index (χ1n) is 12.8. The minimum absolute atomic E-state index is 0. The number of furan rings is 1. The van der Waals surface area contributed by atoms with Gasteiger partial charge in [0.25, 0.3) is 11.4 Å². The summed E-state index contributed by atoms with van der Waals surface area (Å²) in [6, 6.07) is 42.9. The fourth-order valence-electron chi connectivity index (χ4n) is 4.60. The molecule has 1 radical (unpaired) electrons. The first-order valence-corrected chi connectivity index (χ1v) is 12.8. The average Bonchev–Trinajstić information content (AvgIpc) is 3.53. The summed E-state index contributed by atoms with van der Waals surface area (Å²) in [5.41, 5.74) is 8.08. The van der Waals surface area contributed by atoms with Crippen molar-refractivity contribution in [3.05, 3.63) is 121 Å². The summed E-state index contributed by atoms with van der Waals surface area (Å²) in [5, 5.41) is 2.21. The maximum absolute atomic E-state index is 5.99. The molecule has 0 saturated heterocycles. The van der Waals surface area contributed by atoms with E-state index in [0.29, 0.717) is 6.04 Å². The van der Waals surface area contributed by atoms with Gasteiger partial charge in [0.2, 0.25) is 0 Å². The molecule has 5 heteroatoms. The quantitative estimate of drug-likeness (QED) is 0.139. The van der Waals surface area contributed by atoms with Gasteiger partial charge in [-0.25, -0.2) is 0 Å². The van der Waals surface area contributed by atoms with Crippen LogP contribution in [0, 0.1) is 19.1 Å². The van der Waals surface area contributed by atoms with Gasteiger partial charge in [-0.2, -0.15) is 6.07 Å². The summed E-state index contributed by atoms with van der Waals surface area (Å²) in [7, 11) is 0. The van der Waals surface area contributed by atoms with Crippen molar-refractivity contribution in [2.75, 3.05) is 0 Å². The van der Waals surface area contributed by atoms with Crippen LogP contribution in [0.3, 0.4) is 0 Å². The number of para-hydroxylation sites is 3. The fourth-order valence-corrected chi connectivity index (χ4v) is 4.60. The van der Waals surface area contributed by atoms with Crippen LogP contribution in [0.5, 0.6) is 0 Å². The molecule has 193 valence electrons. The molecule has 0 unspecified atom stereocenters. The Hall–Kier alpha value is -4.14. The molecule has 0 bridgehead atoms. The van der Waals surface area contributed by atoms with E-state index in [0.717, 1.165) is 50.3 Å². The van der Waals surface area contributed by atoms with Crippen molar-refractivity contribution in [2.24, 2.45) is 0 Å². The van der Waals surface area contributed by atoms with Crippen LogP contribution in [-0.4, -0.2) is 21.6 Å². The van der Waals surface area contributed by atoms with Crippen molar-refractivity contribution in [3.63, 3.8) is 0 Å². The van der Waals surface area contributed by atoms with Crippen LogP contribution in [0.4, 0.5) is 17.1 Å². The van der Waals surface area contributed by atoms with Crippen molar-refractivity contribution in [3.8, 4) is 11.3 Å². The first kappa shape index (κ1) is 26.5. The zero-order chi connectivity index (χ0) is 26.1. The Morgan fingerprint density at radius 2 is 1.59 bits per heavy atom. The molecule has 0 spiro atoms. The summed E-state index contributed by atoms with van der Waals surface area (Å²) < 4.78 is 10.2. The van der Waals surface area contributed by atoms with Crippen molar-refractivity contribution >= 4 is 45.0 Å². The van der Waals surface area contributed by atoms with Gasteiger partial charge in [-0.05, 0) is 43.5 Å². The zero-order valence-corrected chi connectivity index (χ0v) is 24.4. The molecular weight excluding hydrogens is 659 g/mol. The molecule has 0 aliphatic carbocycles. The molecule has 7 rings (SSSR count). The second-order valence-corrected chi connectivity index (χ2v) is 9.57. The molecule has 1 aliphatic heterocycles. The van der Waals surface area contributed by atoms with Gasteiger partial charge in [-0.15, -0.1) is 35.9 Å². The van der Waals surface area contributed by atoms with E-state index >= 15 is 0 Å². The molecule has 1 aliphatic rings. The second-order valence-electron chi connectivity index (χ2n) is 9.57. The monoisotopic (exact) mass is 686 g/mol. The Labute approximate surface area is 241 Å². The molecule has 0 atom stereocenters. The van der Waals surface area contributed by atoms with Crippen molar-refractivity contribution in [1.82, 2.24) is 9.56 Å². The van der Waals surface area contributed by atoms with Gasteiger partial charge in [0, 0.05) is 44.0 Å². The Morgan fingerprint density at radius 3 is 2.33 bits per heavy atom. The first-order chi connectivity index (χ1) is 18.6. The third-order valence-corrected chi connectivity index (χ3v) is 6.53. The summed E-state index contributed by atoms with van der Waals surface area (Å²) in [6.45, 7) is 6.37. The van der Waals surface area contributed by atoms with Gasteiger partial charge in [0.05, 0.1) is 0 Å². The Morgan fingerprint density at radius 1 is 0.821 bits per heavy atom. The number of pyridine rings is 1. The number of hydrogen-bond donors (Lipinski definition) is 0. The van der Waals surface area contributed by atoms with E-state index in [1.165, 1.54) is 5.56 Å². The molecule has 3 heterocycles. The van der Waals surface area contributed by atoms with E-state index in [1.54, 1.807) is 0 Å². The molecule has 2 aromatic heterocycles.